The molecule has 8 heteroatoms. The van der Waals surface area contributed by atoms with Gasteiger partial charge in [0.15, 0.2) is 0 Å². The molecular weight excluding hydrogens is 472 g/mol. The zero-order valence-electron chi connectivity index (χ0n) is 21.3. The van der Waals surface area contributed by atoms with Gasteiger partial charge in [-0.15, -0.1) is 0 Å². The van der Waals surface area contributed by atoms with Gasteiger partial charge in [0.2, 0.25) is 11.8 Å². The summed E-state index contributed by atoms with van der Waals surface area (Å²) in [5.41, 5.74) is 1.32. The van der Waals surface area contributed by atoms with Gasteiger partial charge in [-0.1, -0.05) is 45.0 Å². The summed E-state index contributed by atoms with van der Waals surface area (Å²) >= 11 is 0. The summed E-state index contributed by atoms with van der Waals surface area (Å²) in [5, 5.41) is 17.0. The molecule has 0 aliphatic heterocycles. The highest BCUT2D eigenvalue weighted by Gasteiger charge is 2.44. The second-order valence-electron chi connectivity index (χ2n) is 11.0. The predicted molar refractivity (Wildman–Crippen MR) is 132 cm³/mol. The van der Waals surface area contributed by atoms with Crippen LogP contribution in [0.15, 0.2) is 42.5 Å². The van der Waals surface area contributed by atoms with Crippen LogP contribution in [0.5, 0.6) is 0 Å². The van der Waals surface area contributed by atoms with E-state index < -0.39 is 41.1 Å². The second kappa shape index (κ2) is 10.9. The van der Waals surface area contributed by atoms with Crippen molar-refractivity contribution in [3.05, 3.63) is 70.8 Å². The molecular formula is C28H36F4N2O2. The first-order valence-corrected chi connectivity index (χ1v) is 12.3. The fraction of sp³-hybridized carbons (Fsp3) is 0.536. The lowest BCUT2D eigenvalue weighted by Gasteiger charge is -2.43. The summed E-state index contributed by atoms with van der Waals surface area (Å²) < 4.78 is 55.6. The van der Waals surface area contributed by atoms with Crippen LogP contribution in [0.25, 0.3) is 0 Å². The number of benzene rings is 2. The van der Waals surface area contributed by atoms with E-state index in [2.05, 4.69) is 31.4 Å². The molecule has 1 fully saturated rings. The molecule has 3 N–H and O–H groups in total. The van der Waals surface area contributed by atoms with Crippen molar-refractivity contribution < 1.29 is 27.5 Å². The minimum absolute atomic E-state index is 0.00167. The van der Waals surface area contributed by atoms with Crippen molar-refractivity contribution in [2.75, 3.05) is 6.54 Å². The van der Waals surface area contributed by atoms with Crippen molar-refractivity contribution in [3.63, 3.8) is 0 Å². The highest BCUT2D eigenvalue weighted by Crippen LogP contribution is 2.44. The molecule has 0 heterocycles. The van der Waals surface area contributed by atoms with Crippen molar-refractivity contribution in [1.29, 1.82) is 0 Å². The third-order valence-electron chi connectivity index (χ3n) is 7.00. The zero-order valence-corrected chi connectivity index (χ0v) is 21.3. The Bertz CT molecular complexity index is 1040. The number of aliphatic hydroxyl groups is 1. The highest BCUT2D eigenvalue weighted by atomic mass is 19.3. The number of aliphatic hydroxyl groups excluding tert-OH is 1. The van der Waals surface area contributed by atoms with E-state index in [9.17, 15) is 27.5 Å². The smallest absolute Gasteiger partial charge is 0.248 e. The van der Waals surface area contributed by atoms with Crippen molar-refractivity contribution in [2.45, 2.75) is 88.8 Å². The van der Waals surface area contributed by atoms with Gasteiger partial charge >= 0.3 is 0 Å². The van der Waals surface area contributed by atoms with Gasteiger partial charge in [-0.2, -0.15) is 0 Å². The second-order valence-corrected chi connectivity index (χ2v) is 11.0. The van der Waals surface area contributed by atoms with E-state index in [-0.39, 0.29) is 49.6 Å². The quantitative estimate of drug-likeness (QED) is 0.421. The molecule has 0 saturated heterocycles. The van der Waals surface area contributed by atoms with Crippen molar-refractivity contribution in [3.8, 4) is 0 Å². The van der Waals surface area contributed by atoms with Gasteiger partial charge in [-0.3, -0.25) is 4.79 Å². The highest BCUT2D eigenvalue weighted by molar-refractivity contribution is 5.73. The number of halogens is 4. The van der Waals surface area contributed by atoms with E-state index in [4.69, 9.17) is 0 Å². The Morgan fingerprint density at radius 2 is 1.64 bits per heavy atom. The van der Waals surface area contributed by atoms with Crippen molar-refractivity contribution >= 4 is 5.91 Å². The molecule has 0 spiro atoms. The normalized spacial score (nSPS) is 18.9. The first kappa shape index (κ1) is 28.1. The SMILES string of the molecule is CC(=O)N[C@@H](Cc1cc(F)cc(F)c1)[C@H](O)CNC1(c2cccc(C(C)(C)C)c2)CCC(F)(F)CC1. The largest absolute Gasteiger partial charge is 0.390 e. The first-order valence-electron chi connectivity index (χ1n) is 12.3. The molecule has 4 nitrogen and oxygen atoms in total. The molecule has 0 radical (unpaired) electrons. The van der Waals surface area contributed by atoms with Gasteiger partial charge in [0, 0.05) is 37.9 Å². The van der Waals surface area contributed by atoms with Gasteiger partial charge in [-0.25, -0.2) is 17.6 Å². The molecule has 2 aromatic carbocycles. The third-order valence-corrected chi connectivity index (χ3v) is 7.00. The molecule has 1 amide bonds. The van der Waals surface area contributed by atoms with E-state index in [1.165, 1.54) is 6.92 Å². The van der Waals surface area contributed by atoms with Crippen LogP contribution in [-0.4, -0.2) is 35.6 Å². The number of alkyl halides is 2. The Kier molecular flexibility index (Phi) is 8.51. The summed E-state index contributed by atoms with van der Waals surface area (Å²) in [4.78, 5) is 11.8. The fourth-order valence-electron chi connectivity index (χ4n) is 4.86. The van der Waals surface area contributed by atoms with E-state index in [0.29, 0.717) is 0 Å². The zero-order chi connectivity index (χ0) is 26.7. The molecule has 1 saturated carbocycles. The minimum Gasteiger partial charge on any atom is -0.390 e. The first-order chi connectivity index (χ1) is 16.7. The molecule has 2 aromatic rings. The Balaban J connectivity index is 1.85. The number of carbonyl (C=O) groups excluding carboxylic acids is 1. The molecule has 0 aromatic heterocycles. The standard InChI is InChI=1S/C28H36F4N2O2/c1-18(35)34-24(14-19-12-22(29)16-23(30)13-19)25(36)17-33-27(8-10-28(31,32)11-9-27)21-7-5-6-20(15-21)26(2,3)4/h5-7,12-13,15-16,24-25,33,36H,8-11,14,17H2,1-4H3,(H,34,35)/t24-,25+/m0/s1. The van der Waals surface area contributed by atoms with Crippen LogP contribution >= 0.6 is 0 Å². The van der Waals surface area contributed by atoms with E-state index in [0.717, 1.165) is 29.3 Å². The number of hydrogen-bond acceptors (Lipinski definition) is 3. The lowest BCUT2D eigenvalue weighted by Crippen LogP contribution is -2.54. The molecule has 1 aliphatic rings. The Morgan fingerprint density at radius 1 is 1.03 bits per heavy atom. The van der Waals surface area contributed by atoms with Crippen LogP contribution in [0.3, 0.4) is 0 Å². The average molecular weight is 509 g/mol. The lowest BCUT2D eigenvalue weighted by atomic mass is 9.73. The molecule has 36 heavy (non-hydrogen) atoms. The number of nitrogens with one attached hydrogen (secondary N) is 2. The van der Waals surface area contributed by atoms with Crippen molar-refractivity contribution in [2.24, 2.45) is 0 Å². The molecule has 1 aliphatic carbocycles. The maximum absolute atomic E-state index is 14.1. The fourth-order valence-corrected chi connectivity index (χ4v) is 4.86. The van der Waals surface area contributed by atoms with Crippen LogP contribution in [0.2, 0.25) is 0 Å². The van der Waals surface area contributed by atoms with E-state index in [1.54, 1.807) is 0 Å². The minimum atomic E-state index is -2.74. The molecule has 3 rings (SSSR count). The van der Waals surface area contributed by atoms with Gasteiger partial charge in [0.05, 0.1) is 12.1 Å². The predicted octanol–water partition coefficient (Wildman–Crippen LogP) is 5.36. The monoisotopic (exact) mass is 508 g/mol. The lowest BCUT2D eigenvalue weighted by molar-refractivity contribution is -0.120. The summed E-state index contributed by atoms with van der Waals surface area (Å²) in [6.45, 7) is 7.53. The van der Waals surface area contributed by atoms with Gasteiger partial charge in [0.1, 0.15) is 11.6 Å². The average Bonchev–Trinajstić information content (AvgIpc) is 2.76. The van der Waals surface area contributed by atoms with Gasteiger partial charge in [0.25, 0.3) is 0 Å². The van der Waals surface area contributed by atoms with E-state index >= 15 is 0 Å². The maximum atomic E-state index is 14.1. The Morgan fingerprint density at radius 3 is 2.19 bits per heavy atom. The maximum Gasteiger partial charge on any atom is 0.248 e. The van der Waals surface area contributed by atoms with Crippen LogP contribution in [0, 0.1) is 11.6 Å². The van der Waals surface area contributed by atoms with Crippen molar-refractivity contribution in [1.82, 2.24) is 10.6 Å². The van der Waals surface area contributed by atoms with Crippen LogP contribution < -0.4 is 10.6 Å². The molecule has 0 bridgehead atoms. The molecule has 2 atom stereocenters. The third kappa shape index (κ3) is 7.29. The van der Waals surface area contributed by atoms with E-state index in [1.807, 2.05) is 24.3 Å². The van der Waals surface area contributed by atoms with Gasteiger partial charge in [-0.05, 0) is 53.5 Å². The molecule has 0 unspecified atom stereocenters. The summed E-state index contributed by atoms with van der Waals surface area (Å²) in [6.07, 6.45) is -1.34. The number of rotatable bonds is 8. The number of amides is 1. The summed E-state index contributed by atoms with van der Waals surface area (Å²) in [6, 6.07) is 10.1. The Labute approximate surface area is 210 Å². The summed E-state index contributed by atoms with van der Waals surface area (Å²) in [7, 11) is 0. The van der Waals surface area contributed by atoms with Crippen LogP contribution in [0.4, 0.5) is 17.6 Å². The summed E-state index contributed by atoms with van der Waals surface area (Å²) in [5.74, 6) is -4.65. The van der Waals surface area contributed by atoms with Crippen LogP contribution in [0.1, 0.15) is 70.1 Å². The van der Waals surface area contributed by atoms with Crippen LogP contribution in [-0.2, 0) is 22.2 Å². The topological polar surface area (TPSA) is 61.4 Å². The number of hydrogen-bond donors (Lipinski definition) is 3. The Hall–Kier alpha value is -2.45. The number of carbonyl (C=O) groups is 1. The van der Waals surface area contributed by atoms with Gasteiger partial charge < -0.3 is 15.7 Å². The molecule has 198 valence electrons.